The van der Waals surface area contributed by atoms with Crippen LogP contribution in [0.5, 0.6) is 0 Å². The van der Waals surface area contributed by atoms with Crippen molar-refractivity contribution < 1.29 is 21.6 Å². The largest absolute Gasteiger partial charge is 0.416 e. The van der Waals surface area contributed by atoms with Crippen LogP contribution in [0.15, 0.2) is 59.9 Å². The van der Waals surface area contributed by atoms with E-state index in [0.29, 0.717) is 22.5 Å². The number of alkyl halides is 3. The molecule has 0 fully saturated rings. The molecule has 9 heteroatoms. The summed E-state index contributed by atoms with van der Waals surface area (Å²) in [6.07, 6.45) is -1.01. The third-order valence-corrected chi connectivity index (χ3v) is 6.55. The third kappa shape index (κ3) is 4.67. The summed E-state index contributed by atoms with van der Waals surface area (Å²) in [5.41, 5.74) is 1.79. The van der Waals surface area contributed by atoms with Crippen LogP contribution < -0.4 is 5.32 Å². The Morgan fingerprint density at radius 2 is 1.80 bits per heavy atom. The van der Waals surface area contributed by atoms with Crippen molar-refractivity contribution in [3.63, 3.8) is 0 Å². The van der Waals surface area contributed by atoms with E-state index in [1.165, 1.54) is 18.2 Å². The quantitative estimate of drug-likeness (QED) is 0.585. The highest BCUT2D eigenvalue weighted by molar-refractivity contribution is 7.91. The van der Waals surface area contributed by atoms with E-state index >= 15 is 0 Å². The van der Waals surface area contributed by atoms with E-state index < -0.39 is 21.6 Å². The molecule has 0 saturated carbocycles. The molecule has 0 aliphatic carbocycles. The third-order valence-electron chi connectivity index (χ3n) is 4.82. The lowest BCUT2D eigenvalue weighted by Gasteiger charge is -2.19. The second-order valence-corrected chi connectivity index (χ2v) is 9.30. The fourth-order valence-electron chi connectivity index (χ4n) is 3.05. The van der Waals surface area contributed by atoms with Gasteiger partial charge in [0.15, 0.2) is 9.84 Å². The summed E-state index contributed by atoms with van der Waals surface area (Å²) >= 11 is 0. The minimum Gasteiger partial charge on any atom is -0.378 e. The van der Waals surface area contributed by atoms with Gasteiger partial charge in [-0.1, -0.05) is 19.1 Å². The fourth-order valence-corrected chi connectivity index (χ4v) is 3.96. The summed E-state index contributed by atoms with van der Waals surface area (Å²) < 4.78 is 64.8. The topological polar surface area (TPSA) is 64.0 Å². The number of halogens is 3. The molecule has 0 radical (unpaired) electrons. The van der Waals surface area contributed by atoms with Gasteiger partial charge in [-0.2, -0.15) is 13.2 Å². The molecule has 0 saturated heterocycles. The molecule has 0 amide bonds. The highest BCUT2D eigenvalue weighted by Gasteiger charge is 2.30. The van der Waals surface area contributed by atoms with Crippen molar-refractivity contribution in [3.05, 3.63) is 66.1 Å². The van der Waals surface area contributed by atoms with Gasteiger partial charge < -0.3 is 9.88 Å². The monoisotopic (exact) mass is 437 g/mol. The highest BCUT2D eigenvalue weighted by Crippen LogP contribution is 2.34. The van der Waals surface area contributed by atoms with Gasteiger partial charge in [-0.05, 0) is 42.8 Å². The molecule has 1 N–H and O–H groups in total. The van der Waals surface area contributed by atoms with Crippen LogP contribution in [0.2, 0.25) is 0 Å². The van der Waals surface area contributed by atoms with Gasteiger partial charge in [0.25, 0.3) is 0 Å². The lowest BCUT2D eigenvalue weighted by Crippen LogP contribution is -2.10. The van der Waals surface area contributed by atoms with Crippen LogP contribution in [0.1, 0.15) is 31.0 Å². The first kappa shape index (κ1) is 21.9. The molecule has 0 unspecified atom stereocenters. The Bertz CT molecular complexity index is 1140. The Kier molecular flexibility index (Phi) is 5.94. The zero-order valence-electron chi connectivity index (χ0n) is 16.7. The molecule has 2 aromatic carbocycles. The molecule has 30 heavy (non-hydrogen) atoms. The molecule has 5 nitrogen and oxygen atoms in total. The van der Waals surface area contributed by atoms with Crippen LogP contribution >= 0.6 is 0 Å². The summed E-state index contributed by atoms with van der Waals surface area (Å²) in [5, 5.41) is 3.26. The lowest BCUT2D eigenvalue weighted by atomic mass is 10.0. The number of aryl methyl sites for hydroxylation is 1. The summed E-state index contributed by atoms with van der Waals surface area (Å²) in [5.74, 6) is -0.0244. The SMILES string of the molecule is CCS(=O)(=O)c1ccc(N[C@H](C)c2ccc(C(F)(F)F)cc2)c(-c2cn(C)cn2)c1. The van der Waals surface area contributed by atoms with E-state index in [9.17, 15) is 21.6 Å². The minimum absolute atomic E-state index is 0.0244. The van der Waals surface area contributed by atoms with Crippen LogP contribution in [-0.4, -0.2) is 23.7 Å². The molecule has 0 spiro atoms. The van der Waals surface area contributed by atoms with E-state index in [4.69, 9.17) is 0 Å². The molecule has 3 rings (SSSR count). The molecule has 3 aromatic rings. The van der Waals surface area contributed by atoms with Gasteiger partial charge in [0, 0.05) is 30.5 Å². The average Bonchev–Trinajstić information content (AvgIpc) is 3.13. The molecule has 160 valence electrons. The van der Waals surface area contributed by atoms with Gasteiger partial charge in [0.1, 0.15) is 0 Å². The highest BCUT2D eigenvalue weighted by atomic mass is 32.2. The number of hydrogen-bond acceptors (Lipinski definition) is 4. The van der Waals surface area contributed by atoms with E-state index in [0.717, 1.165) is 12.1 Å². The van der Waals surface area contributed by atoms with E-state index in [-0.39, 0.29) is 16.7 Å². The van der Waals surface area contributed by atoms with Crippen molar-refractivity contribution >= 4 is 15.5 Å². The second kappa shape index (κ2) is 8.14. The first-order valence-electron chi connectivity index (χ1n) is 9.30. The number of sulfone groups is 1. The summed E-state index contributed by atoms with van der Waals surface area (Å²) in [6.45, 7) is 3.40. The number of nitrogens with zero attached hydrogens (tertiary/aromatic N) is 2. The number of nitrogens with one attached hydrogen (secondary N) is 1. The van der Waals surface area contributed by atoms with Crippen LogP contribution in [0.4, 0.5) is 18.9 Å². The zero-order chi connectivity index (χ0) is 22.1. The maximum atomic E-state index is 12.8. The number of benzene rings is 2. The summed E-state index contributed by atoms with van der Waals surface area (Å²) in [4.78, 5) is 4.51. The van der Waals surface area contributed by atoms with Gasteiger partial charge >= 0.3 is 6.18 Å². The average molecular weight is 437 g/mol. The molecule has 0 aliphatic heterocycles. The smallest absolute Gasteiger partial charge is 0.378 e. The van der Waals surface area contributed by atoms with Crippen LogP contribution in [0.3, 0.4) is 0 Å². The van der Waals surface area contributed by atoms with Crippen molar-refractivity contribution in [2.45, 2.75) is 31.0 Å². The second-order valence-electron chi connectivity index (χ2n) is 7.02. The fraction of sp³-hybridized carbons (Fsp3) is 0.286. The van der Waals surface area contributed by atoms with Crippen LogP contribution in [0.25, 0.3) is 11.3 Å². The van der Waals surface area contributed by atoms with Gasteiger partial charge in [-0.15, -0.1) is 0 Å². The predicted octanol–water partition coefficient (Wildman–Crippen LogP) is 5.07. The zero-order valence-corrected chi connectivity index (χ0v) is 17.6. The minimum atomic E-state index is -4.39. The molecule has 0 aliphatic rings. The Hall–Kier alpha value is -2.81. The van der Waals surface area contributed by atoms with Crippen molar-refractivity contribution in [3.8, 4) is 11.3 Å². The van der Waals surface area contributed by atoms with Crippen molar-refractivity contribution in [1.29, 1.82) is 0 Å². The summed E-state index contributed by atoms with van der Waals surface area (Å²) in [6, 6.07) is 9.38. The number of hydrogen-bond donors (Lipinski definition) is 1. The molecule has 1 heterocycles. The maximum absolute atomic E-state index is 12.8. The van der Waals surface area contributed by atoms with Crippen LogP contribution in [0, 0.1) is 0 Å². The molecule has 0 bridgehead atoms. The Labute approximate surface area is 173 Å². The van der Waals surface area contributed by atoms with Crippen molar-refractivity contribution in [1.82, 2.24) is 9.55 Å². The van der Waals surface area contributed by atoms with Gasteiger partial charge in [0.2, 0.25) is 0 Å². The van der Waals surface area contributed by atoms with Gasteiger partial charge in [0.05, 0.1) is 28.2 Å². The van der Waals surface area contributed by atoms with Crippen molar-refractivity contribution in [2.24, 2.45) is 7.05 Å². The molecular weight excluding hydrogens is 415 g/mol. The van der Waals surface area contributed by atoms with Crippen LogP contribution in [-0.2, 0) is 23.1 Å². The van der Waals surface area contributed by atoms with Gasteiger partial charge in [-0.3, -0.25) is 0 Å². The van der Waals surface area contributed by atoms with E-state index in [1.807, 2.05) is 6.92 Å². The number of aromatic nitrogens is 2. The standard InChI is InChI=1S/C21H22F3N3O2S/c1-4-30(28,29)17-9-10-19(18(11-17)20-12-27(3)13-25-20)26-14(2)15-5-7-16(8-6-15)21(22,23)24/h5-14,26H,4H2,1-3H3/t14-/m1/s1. The Morgan fingerprint density at radius 1 is 1.13 bits per heavy atom. The van der Waals surface area contributed by atoms with E-state index in [1.54, 1.807) is 43.2 Å². The molecular formula is C21H22F3N3O2S. The first-order valence-corrected chi connectivity index (χ1v) is 11.0. The number of anilines is 1. The first-order chi connectivity index (χ1) is 14.0. The summed E-state index contributed by atoms with van der Waals surface area (Å²) in [7, 11) is -1.60. The van der Waals surface area contributed by atoms with Crippen molar-refractivity contribution in [2.75, 3.05) is 11.1 Å². The Morgan fingerprint density at radius 3 is 2.33 bits per heavy atom. The number of imidazole rings is 1. The molecule has 1 aromatic heterocycles. The van der Waals surface area contributed by atoms with E-state index in [2.05, 4.69) is 10.3 Å². The number of rotatable bonds is 6. The Balaban J connectivity index is 1.96. The normalized spacial score (nSPS) is 13.3. The van der Waals surface area contributed by atoms with Gasteiger partial charge in [-0.25, -0.2) is 13.4 Å². The molecule has 1 atom stereocenters. The lowest BCUT2D eigenvalue weighted by molar-refractivity contribution is -0.137. The predicted molar refractivity (Wildman–Crippen MR) is 110 cm³/mol. The maximum Gasteiger partial charge on any atom is 0.416 e.